The molecule has 2 aromatic heterocycles. The zero-order chi connectivity index (χ0) is 17.2. The summed E-state index contributed by atoms with van der Waals surface area (Å²) in [5.74, 6) is 1.69. The molecule has 0 saturated heterocycles. The number of furan rings is 1. The zero-order valence-electron chi connectivity index (χ0n) is 15.1. The van der Waals surface area contributed by atoms with Gasteiger partial charge in [0, 0.05) is 42.4 Å². The van der Waals surface area contributed by atoms with E-state index in [9.17, 15) is 0 Å². The van der Waals surface area contributed by atoms with Crippen LogP contribution in [-0.4, -0.2) is 32.2 Å². The monoisotopic (exact) mass is 477 g/mol. The number of nitrogens with one attached hydrogen (secondary N) is 2. The van der Waals surface area contributed by atoms with Crippen LogP contribution in [0.5, 0.6) is 0 Å². The van der Waals surface area contributed by atoms with Gasteiger partial charge in [-0.1, -0.05) is 0 Å². The third-order valence-corrected chi connectivity index (χ3v) is 4.52. The number of hydrogen-bond acceptors (Lipinski definition) is 4. The first-order valence-electron chi connectivity index (χ1n) is 8.30. The van der Waals surface area contributed by atoms with Gasteiger partial charge in [-0.15, -0.1) is 35.3 Å². The molecule has 1 unspecified atom stereocenters. The average molecular weight is 477 g/mol. The van der Waals surface area contributed by atoms with E-state index >= 15 is 0 Å². The minimum atomic E-state index is 0. The van der Waals surface area contributed by atoms with E-state index in [1.54, 1.807) is 13.3 Å². The van der Waals surface area contributed by atoms with Crippen LogP contribution in [0.4, 0.5) is 0 Å². The van der Waals surface area contributed by atoms with Gasteiger partial charge in [-0.05, 0) is 44.5 Å². The minimum Gasteiger partial charge on any atom is -0.467 e. The molecule has 0 aliphatic rings. The number of guanidine groups is 1. The molecule has 2 N–H and O–H groups in total. The summed E-state index contributed by atoms with van der Waals surface area (Å²) < 4.78 is 10.8. The van der Waals surface area contributed by atoms with Crippen molar-refractivity contribution in [2.75, 3.05) is 20.2 Å². The number of hydrogen-bond donors (Lipinski definition) is 2. The summed E-state index contributed by atoms with van der Waals surface area (Å²) in [7, 11) is 1.80. The van der Waals surface area contributed by atoms with Gasteiger partial charge >= 0.3 is 0 Å². The van der Waals surface area contributed by atoms with Crippen LogP contribution in [0.1, 0.15) is 28.9 Å². The Kier molecular flexibility index (Phi) is 10.8. The number of ether oxygens (including phenoxy) is 1. The Balaban J connectivity index is 0.00000312. The van der Waals surface area contributed by atoms with Crippen LogP contribution < -0.4 is 10.6 Å². The van der Waals surface area contributed by atoms with E-state index in [0.717, 1.165) is 31.1 Å². The van der Waals surface area contributed by atoms with Gasteiger partial charge in [0.2, 0.25) is 0 Å². The van der Waals surface area contributed by atoms with Gasteiger partial charge in [-0.25, -0.2) is 0 Å². The summed E-state index contributed by atoms with van der Waals surface area (Å²) in [6, 6.07) is 8.49. The third-order valence-electron chi connectivity index (χ3n) is 3.49. The van der Waals surface area contributed by atoms with Crippen LogP contribution in [0, 0.1) is 6.92 Å². The van der Waals surface area contributed by atoms with Crippen LogP contribution in [0.15, 0.2) is 39.9 Å². The largest absolute Gasteiger partial charge is 0.467 e. The van der Waals surface area contributed by atoms with Crippen molar-refractivity contribution < 1.29 is 9.15 Å². The van der Waals surface area contributed by atoms with E-state index in [-0.39, 0.29) is 24.0 Å². The van der Waals surface area contributed by atoms with Crippen molar-refractivity contribution >= 4 is 41.3 Å². The van der Waals surface area contributed by atoms with Crippen molar-refractivity contribution in [1.82, 2.24) is 10.6 Å². The first-order chi connectivity index (χ1) is 11.7. The SMILES string of the molecule is CN=C(NCCCOCc1ccco1)NC(C)Cc1ccc(C)s1.I. The Bertz CT molecular complexity index is 614. The fourth-order valence-electron chi connectivity index (χ4n) is 2.32. The fourth-order valence-corrected chi connectivity index (χ4v) is 3.34. The maximum absolute atomic E-state index is 5.56. The second-order valence-corrected chi connectivity index (χ2v) is 7.12. The third kappa shape index (κ3) is 8.73. The molecule has 25 heavy (non-hydrogen) atoms. The molecule has 5 nitrogen and oxygen atoms in total. The first-order valence-corrected chi connectivity index (χ1v) is 9.11. The van der Waals surface area contributed by atoms with E-state index in [1.165, 1.54) is 9.75 Å². The second kappa shape index (κ2) is 12.3. The lowest BCUT2D eigenvalue weighted by Gasteiger charge is -2.17. The van der Waals surface area contributed by atoms with Gasteiger partial charge in [-0.2, -0.15) is 0 Å². The molecule has 1 atom stereocenters. The lowest BCUT2D eigenvalue weighted by atomic mass is 10.2. The van der Waals surface area contributed by atoms with Crippen LogP contribution in [-0.2, 0) is 17.8 Å². The topological polar surface area (TPSA) is 58.8 Å². The quantitative estimate of drug-likeness (QED) is 0.249. The lowest BCUT2D eigenvalue weighted by Crippen LogP contribution is -2.43. The summed E-state index contributed by atoms with van der Waals surface area (Å²) in [5, 5.41) is 6.75. The fraction of sp³-hybridized carbons (Fsp3) is 0.500. The van der Waals surface area contributed by atoms with Crippen LogP contribution in [0.25, 0.3) is 0 Å². The summed E-state index contributed by atoms with van der Waals surface area (Å²) in [6.45, 7) is 6.35. The Morgan fingerprint density at radius 3 is 2.84 bits per heavy atom. The number of aryl methyl sites for hydroxylation is 1. The van der Waals surface area contributed by atoms with Crippen molar-refractivity contribution in [2.45, 2.75) is 39.3 Å². The number of rotatable bonds is 9. The standard InChI is InChI=1S/C18H27N3O2S.HI/c1-14(12-17-8-7-15(2)24-17)21-18(19-3)20-9-5-10-22-13-16-6-4-11-23-16;/h4,6-8,11,14H,5,9-10,12-13H2,1-3H3,(H2,19,20,21);1H. The molecule has 0 aromatic carbocycles. The maximum atomic E-state index is 5.56. The highest BCUT2D eigenvalue weighted by Crippen LogP contribution is 2.16. The highest BCUT2D eigenvalue weighted by Gasteiger charge is 2.07. The van der Waals surface area contributed by atoms with Crippen molar-refractivity contribution in [3.05, 3.63) is 46.0 Å². The van der Waals surface area contributed by atoms with Gasteiger partial charge in [-0.3, -0.25) is 4.99 Å². The first kappa shape index (κ1) is 22.0. The number of nitrogens with zero attached hydrogens (tertiary/aromatic N) is 1. The number of halogens is 1. The van der Waals surface area contributed by atoms with E-state index in [0.29, 0.717) is 19.3 Å². The van der Waals surface area contributed by atoms with Crippen molar-refractivity contribution in [1.29, 1.82) is 0 Å². The molecular weight excluding hydrogens is 449 g/mol. The van der Waals surface area contributed by atoms with Gasteiger partial charge in [0.05, 0.1) is 6.26 Å². The molecule has 0 radical (unpaired) electrons. The molecule has 0 fully saturated rings. The second-order valence-electron chi connectivity index (χ2n) is 5.75. The van der Waals surface area contributed by atoms with Crippen LogP contribution in [0.3, 0.4) is 0 Å². The molecule has 140 valence electrons. The Hall–Kier alpha value is -1.06. The minimum absolute atomic E-state index is 0. The molecule has 2 heterocycles. The normalized spacial score (nSPS) is 12.5. The number of thiophene rings is 1. The van der Waals surface area contributed by atoms with Crippen molar-refractivity contribution in [2.24, 2.45) is 4.99 Å². The number of aliphatic imine (C=N–C) groups is 1. The molecule has 2 aromatic rings. The summed E-state index contributed by atoms with van der Waals surface area (Å²) >= 11 is 1.85. The Labute approximate surface area is 171 Å². The molecule has 7 heteroatoms. The average Bonchev–Trinajstić information content (AvgIpc) is 3.21. The van der Waals surface area contributed by atoms with E-state index in [4.69, 9.17) is 9.15 Å². The lowest BCUT2D eigenvalue weighted by molar-refractivity contribution is 0.105. The van der Waals surface area contributed by atoms with E-state index in [1.807, 2.05) is 23.5 Å². The van der Waals surface area contributed by atoms with Crippen LogP contribution in [0.2, 0.25) is 0 Å². The van der Waals surface area contributed by atoms with E-state index in [2.05, 4.69) is 41.6 Å². The van der Waals surface area contributed by atoms with Gasteiger partial charge in [0.1, 0.15) is 12.4 Å². The molecule has 0 aliphatic heterocycles. The van der Waals surface area contributed by atoms with Crippen LogP contribution >= 0.6 is 35.3 Å². The Morgan fingerprint density at radius 1 is 1.36 bits per heavy atom. The molecular formula is C18H28IN3O2S. The van der Waals surface area contributed by atoms with Gasteiger partial charge < -0.3 is 19.8 Å². The molecule has 0 amide bonds. The highest BCUT2D eigenvalue weighted by molar-refractivity contribution is 14.0. The molecule has 0 saturated carbocycles. The zero-order valence-corrected chi connectivity index (χ0v) is 18.2. The molecule has 0 spiro atoms. The molecule has 2 rings (SSSR count). The predicted octanol–water partition coefficient (Wildman–Crippen LogP) is 3.97. The van der Waals surface area contributed by atoms with Gasteiger partial charge in [0.15, 0.2) is 5.96 Å². The summed E-state index contributed by atoms with van der Waals surface area (Å²) in [5.41, 5.74) is 0. The highest BCUT2D eigenvalue weighted by atomic mass is 127. The van der Waals surface area contributed by atoms with Crippen molar-refractivity contribution in [3.63, 3.8) is 0 Å². The summed E-state index contributed by atoms with van der Waals surface area (Å²) in [4.78, 5) is 7.03. The van der Waals surface area contributed by atoms with Crippen molar-refractivity contribution in [3.8, 4) is 0 Å². The van der Waals surface area contributed by atoms with E-state index < -0.39 is 0 Å². The maximum Gasteiger partial charge on any atom is 0.191 e. The predicted molar refractivity (Wildman–Crippen MR) is 115 cm³/mol. The molecule has 0 bridgehead atoms. The van der Waals surface area contributed by atoms with Gasteiger partial charge in [0.25, 0.3) is 0 Å². The Morgan fingerprint density at radius 2 is 2.20 bits per heavy atom. The smallest absolute Gasteiger partial charge is 0.191 e. The summed E-state index contributed by atoms with van der Waals surface area (Å²) in [6.07, 6.45) is 3.58. The molecule has 0 aliphatic carbocycles.